The maximum atomic E-state index is 13.9. The summed E-state index contributed by atoms with van der Waals surface area (Å²) in [6, 6.07) is 5.87. The van der Waals surface area contributed by atoms with E-state index in [0.29, 0.717) is 29.0 Å². The van der Waals surface area contributed by atoms with Crippen molar-refractivity contribution in [1.82, 2.24) is 15.2 Å². The maximum absolute atomic E-state index is 13.9. The van der Waals surface area contributed by atoms with Crippen LogP contribution in [0.15, 0.2) is 39.4 Å². The van der Waals surface area contributed by atoms with Crippen LogP contribution in [0.1, 0.15) is 18.0 Å². The van der Waals surface area contributed by atoms with Gasteiger partial charge in [0.05, 0.1) is 33.6 Å². The van der Waals surface area contributed by atoms with Crippen LogP contribution in [0.25, 0.3) is 11.5 Å². The number of carbonyl (C=O) groups excluding carboxylic acids is 1. The highest BCUT2D eigenvalue weighted by Gasteiger charge is 2.18. The Hall–Kier alpha value is -2.95. The lowest BCUT2D eigenvalue weighted by molar-refractivity contribution is -0.107. The third kappa shape index (κ3) is 4.14. The monoisotopic (exact) mass is 455 g/mol. The summed E-state index contributed by atoms with van der Waals surface area (Å²) in [7, 11) is 1.65. The van der Waals surface area contributed by atoms with E-state index in [0.717, 1.165) is 0 Å². The summed E-state index contributed by atoms with van der Waals surface area (Å²) < 4.78 is 44.1. The van der Waals surface area contributed by atoms with Crippen molar-refractivity contribution in [3.05, 3.63) is 52.3 Å². The lowest BCUT2D eigenvalue weighted by Gasteiger charge is -2.21. The van der Waals surface area contributed by atoms with Crippen molar-refractivity contribution in [2.75, 3.05) is 17.3 Å². The van der Waals surface area contributed by atoms with Crippen LogP contribution in [0.3, 0.4) is 0 Å². The lowest BCUT2D eigenvalue weighted by atomic mass is 10.2. The van der Waals surface area contributed by atoms with Crippen LogP contribution in [0.2, 0.25) is 0 Å². The predicted molar refractivity (Wildman–Crippen MR) is 98.4 cm³/mol. The third-order valence-corrected chi connectivity index (χ3v) is 4.38. The Kier molecular flexibility index (Phi) is 5.93. The molecule has 0 saturated heterocycles. The highest BCUT2D eigenvalue weighted by molar-refractivity contribution is 9.10. The lowest BCUT2D eigenvalue weighted by Crippen LogP contribution is -2.22. The molecule has 28 heavy (non-hydrogen) atoms. The fourth-order valence-corrected chi connectivity index (χ4v) is 2.76. The Labute approximate surface area is 165 Å². The van der Waals surface area contributed by atoms with Crippen molar-refractivity contribution < 1.29 is 22.4 Å². The Balaban J connectivity index is 1.82. The molecule has 0 fully saturated rings. The number of nitrogens with one attached hydrogen (secondary N) is 1. The summed E-state index contributed by atoms with van der Waals surface area (Å²) in [5.41, 5.74) is 1.71. The molecule has 2 aromatic heterocycles. The quantitative estimate of drug-likeness (QED) is 0.538. The van der Waals surface area contributed by atoms with Gasteiger partial charge < -0.3 is 14.6 Å². The van der Waals surface area contributed by atoms with Crippen LogP contribution in [0, 0.1) is 5.82 Å². The number of aromatic nitrogens is 3. The second-order valence-corrected chi connectivity index (χ2v) is 6.41. The van der Waals surface area contributed by atoms with Crippen LogP contribution < -0.4 is 10.2 Å². The van der Waals surface area contributed by atoms with Crippen molar-refractivity contribution >= 4 is 33.7 Å². The van der Waals surface area contributed by atoms with Gasteiger partial charge in [0.1, 0.15) is 5.82 Å². The molecule has 1 aromatic carbocycles. The minimum absolute atomic E-state index is 0.0612. The number of benzene rings is 1. The molecule has 0 saturated carbocycles. The first-order valence-corrected chi connectivity index (χ1v) is 8.67. The number of hydrogen-bond donors (Lipinski definition) is 1. The SMILES string of the molecule is CNc1cc(Br)c(F)cc1N(C=O)Cc1ccc(-c2nnc(C(F)F)o2)cn1. The Bertz CT molecular complexity index is 981. The van der Waals surface area contributed by atoms with E-state index in [-0.39, 0.29) is 16.9 Å². The molecule has 0 unspecified atom stereocenters. The number of halogens is 4. The van der Waals surface area contributed by atoms with E-state index in [2.05, 4.69) is 36.4 Å². The van der Waals surface area contributed by atoms with E-state index in [9.17, 15) is 18.0 Å². The van der Waals surface area contributed by atoms with Gasteiger partial charge in [-0.05, 0) is 34.1 Å². The van der Waals surface area contributed by atoms with E-state index in [4.69, 9.17) is 4.42 Å². The number of pyridine rings is 1. The molecule has 0 spiro atoms. The summed E-state index contributed by atoms with van der Waals surface area (Å²) in [6.07, 6.45) is -0.934. The summed E-state index contributed by atoms with van der Waals surface area (Å²) >= 11 is 3.10. The topological polar surface area (TPSA) is 84.2 Å². The molecule has 0 aliphatic heterocycles. The molecule has 7 nitrogen and oxygen atoms in total. The standard InChI is InChI=1S/C17H13BrF3N5O2/c1-22-13-4-11(18)12(19)5-14(13)26(8-27)7-10-3-2-9(6-23-10)16-24-25-17(28-16)15(20)21/h2-6,8,15,22H,7H2,1H3. The average molecular weight is 456 g/mol. The Morgan fingerprint density at radius 1 is 1.32 bits per heavy atom. The highest BCUT2D eigenvalue weighted by Crippen LogP contribution is 2.32. The van der Waals surface area contributed by atoms with Crippen LogP contribution >= 0.6 is 15.9 Å². The van der Waals surface area contributed by atoms with Crippen LogP contribution in [-0.4, -0.2) is 28.6 Å². The third-order valence-electron chi connectivity index (χ3n) is 3.78. The minimum atomic E-state index is -2.86. The molecule has 11 heteroatoms. The number of carbonyl (C=O) groups is 1. The van der Waals surface area contributed by atoms with Gasteiger partial charge in [-0.2, -0.15) is 8.78 Å². The molecular formula is C17H13BrF3N5O2. The van der Waals surface area contributed by atoms with Crippen LogP contribution in [-0.2, 0) is 11.3 Å². The molecule has 0 aliphatic carbocycles. The van der Waals surface area contributed by atoms with Gasteiger partial charge in [-0.25, -0.2) is 4.39 Å². The molecule has 0 aliphatic rings. The number of rotatable bonds is 7. The molecule has 2 heterocycles. The number of alkyl halides is 2. The van der Waals surface area contributed by atoms with Gasteiger partial charge in [-0.15, -0.1) is 10.2 Å². The van der Waals surface area contributed by atoms with E-state index in [1.165, 1.54) is 23.2 Å². The summed E-state index contributed by atoms with van der Waals surface area (Å²) in [5, 5.41) is 9.70. The fraction of sp³-hybridized carbons (Fsp3) is 0.176. The van der Waals surface area contributed by atoms with Crippen molar-refractivity contribution in [2.24, 2.45) is 0 Å². The highest BCUT2D eigenvalue weighted by atomic mass is 79.9. The molecule has 3 rings (SSSR count). The predicted octanol–water partition coefficient (Wildman–Crippen LogP) is 4.18. The molecule has 3 aromatic rings. The summed E-state index contributed by atoms with van der Waals surface area (Å²) in [5.74, 6) is -1.38. The van der Waals surface area contributed by atoms with Crippen molar-refractivity contribution in [1.29, 1.82) is 0 Å². The van der Waals surface area contributed by atoms with Gasteiger partial charge in [0.15, 0.2) is 0 Å². The van der Waals surface area contributed by atoms with Crippen molar-refractivity contribution in [3.8, 4) is 11.5 Å². The maximum Gasteiger partial charge on any atom is 0.314 e. The first kappa shape index (κ1) is 19.8. The van der Waals surface area contributed by atoms with E-state index >= 15 is 0 Å². The fourth-order valence-electron chi connectivity index (χ4n) is 2.41. The average Bonchev–Trinajstić information content (AvgIpc) is 3.19. The first-order valence-electron chi connectivity index (χ1n) is 7.88. The van der Waals surface area contributed by atoms with Gasteiger partial charge in [-0.1, -0.05) is 0 Å². The normalized spacial score (nSPS) is 10.9. The summed E-state index contributed by atoms with van der Waals surface area (Å²) in [6.45, 7) is 0.0612. The molecule has 1 N–H and O–H groups in total. The molecule has 0 bridgehead atoms. The molecule has 0 atom stereocenters. The van der Waals surface area contributed by atoms with Crippen molar-refractivity contribution in [3.63, 3.8) is 0 Å². The van der Waals surface area contributed by atoms with Gasteiger partial charge in [0.25, 0.3) is 5.89 Å². The van der Waals surface area contributed by atoms with Gasteiger partial charge in [0, 0.05) is 19.3 Å². The number of hydrogen-bond acceptors (Lipinski definition) is 6. The molecule has 146 valence electrons. The number of nitrogens with zero attached hydrogens (tertiary/aromatic N) is 4. The first-order chi connectivity index (χ1) is 13.4. The molecule has 1 amide bonds. The molecule has 0 radical (unpaired) electrons. The van der Waals surface area contributed by atoms with E-state index < -0.39 is 18.1 Å². The van der Waals surface area contributed by atoms with Crippen molar-refractivity contribution in [2.45, 2.75) is 13.0 Å². The zero-order valence-corrected chi connectivity index (χ0v) is 16.0. The van der Waals surface area contributed by atoms with E-state index in [1.807, 2.05) is 0 Å². The molecular weight excluding hydrogens is 443 g/mol. The van der Waals surface area contributed by atoms with E-state index in [1.54, 1.807) is 19.2 Å². The van der Waals surface area contributed by atoms with Gasteiger partial charge >= 0.3 is 6.43 Å². The Morgan fingerprint density at radius 2 is 2.11 bits per heavy atom. The van der Waals surface area contributed by atoms with Gasteiger partial charge in [0.2, 0.25) is 12.3 Å². The zero-order chi connectivity index (χ0) is 20.3. The minimum Gasteiger partial charge on any atom is -0.415 e. The zero-order valence-electron chi connectivity index (χ0n) is 14.4. The summed E-state index contributed by atoms with van der Waals surface area (Å²) in [4.78, 5) is 17.0. The van der Waals surface area contributed by atoms with Crippen LogP contribution in [0.4, 0.5) is 24.5 Å². The van der Waals surface area contributed by atoms with Crippen LogP contribution in [0.5, 0.6) is 0 Å². The number of amides is 1. The second kappa shape index (κ2) is 8.38. The Morgan fingerprint density at radius 3 is 2.68 bits per heavy atom. The smallest absolute Gasteiger partial charge is 0.314 e. The second-order valence-electron chi connectivity index (χ2n) is 5.55. The largest absolute Gasteiger partial charge is 0.415 e. The number of anilines is 2. The van der Waals surface area contributed by atoms with Gasteiger partial charge in [-0.3, -0.25) is 9.78 Å².